The maximum absolute atomic E-state index is 10.2. The average Bonchev–Trinajstić information content (AvgIpc) is 2.45. The lowest BCUT2D eigenvalue weighted by atomic mass is 10.1. The van der Waals surface area contributed by atoms with Crippen LogP contribution < -0.4 is 5.11 Å². The van der Waals surface area contributed by atoms with Gasteiger partial charge in [0.1, 0.15) is 0 Å². The lowest BCUT2D eigenvalue weighted by Gasteiger charge is -2.05. The van der Waals surface area contributed by atoms with Gasteiger partial charge in [-0.05, 0) is 32.1 Å². The third-order valence-corrected chi connectivity index (χ3v) is 3.44. The highest BCUT2D eigenvalue weighted by Gasteiger charge is 1.98. The number of hydrogen-bond donors (Lipinski definition) is 1. The van der Waals surface area contributed by atoms with Gasteiger partial charge in [-0.2, -0.15) is 0 Å². The smallest absolute Gasteiger partial charge is 0.0723 e. The SMILES string of the molecule is CCCCC/C=C\C=C\C(O)CCCCCCCC(=O)[O-]. The summed E-state index contributed by atoms with van der Waals surface area (Å²) in [6, 6.07) is 0. The van der Waals surface area contributed by atoms with Crippen LogP contribution in [0.15, 0.2) is 24.3 Å². The molecule has 0 aliphatic heterocycles. The number of carboxylic acid groups (broad SMARTS) is 1. The number of aliphatic carboxylic acids is 1. The monoisotopic (exact) mass is 295 g/mol. The van der Waals surface area contributed by atoms with Crippen LogP contribution in [0.5, 0.6) is 0 Å². The van der Waals surface area contributed by atoms with Crippen LogP contribution in [0.2, 0.25) is 0 Å². The molecule has 0 aromatic carbocycles. The highest BCUT2D eigenvalue weighted by Crippen LogP contribution is 2.09. The van der Waals surface area contributed by atoms with Crippen LogP contribution in [0.4, 0.5) is 0 Å². The van der Waals surface area contributed by atoms with Crippen LogP contribution in [0, 0.1) is 0 Å². The lowest BCUT2D eigenvalue weighted by Crippen LogP contribution is -2.21. The third-order valence-electron chi connectivity index (χ3n) is 3.44. The summed E-state index contributed by atoms with van der Waals surface area (Å²) in [5, 5.41) is 20.0. The molecular weight excluding hydrogens is 264 g/mol. The van der Waals surface area contributed by atoms with Crippen molar-refractivity contribution in [2.24, 2.45) is 0 Å². The van der Waals surface area contributed by atoms with Crippen LogP contribution in [-0.4, -0.2) is 17.2 Å². The fraction of sp³-hybridized carbons (Fsp3) is 0.722. The van der Waals surface area contributed by atoms with Gasteiger partial charge < -0.3 is 15.0 Å². The molecule has 0 aromatic heterocycles. The number of aliphatic hydroxyl groups is 1. The van der Waals surface area contributed by atoms with E-state index in [1.165, 1.54) is 19.3 Å². The van der Waals surface area contributed by atoms with Gasteiger partial charge in [-0.3, -0.25) is 0 Å². The summed E-state index contributed by atoms with van der Waals surface area (Å²) in [4.78, 5) is 10.2. The molecule has 0 spiro atoms. The van der Waals surface area contributed by atoms with E-state index >= 15 is 0 Å². The van der Waals surface area contributed by atoms with Gasteiger partial charge in [-0.1, -0.05) is 69.8 Å². The van der Waals surface area contributed by atoms with Gasteiger partial charge in [-0.15, -0.1) is 0 Å². The Bertz CT molecular complexity index is 295. The first kappa shape index (κ1) is 19.9. The quantitative estimate of drug-likeness (QED) is 0.394. The Morgan fingerprint density at radius 3 is 2.48 bits per heavy atom. The van der Waals surface area contributed by atoms with E-state index in [0.717, 1.165) is 38.5 Å². The fourth-order valence-electron chi connectivity index (χ4n) is 2.13. The molecule has 0 saturated carbocycles. The topological polar surface area (TPSA) is 60.4 Å². The summed E-state index contributed by atoms with van der Waals surface area (Å²) in [6.45, 7) is 2.20. The highest BCUT2D eigenvalue weighted by molar-refractivity contribution is 5.63. The van der Waals surface area contributed by atoms with Gasteiger partial charge in [0.25, 0.3) is 0 Å². The molecular formula is C18H31O3-. The van der Waals surface area contributed by atoms with E-state index < -0.39 is 5.97 Å². The number of rotatable bonds is 14. The number of aliphatic hydroxyl groups excluding tert-OH is 1. The van der Waals surface area contributed by atoms with Gasteiger partial charge in [-0.25, -0.2) is 0 Å². The van der Waals surface area contributed by atoms with E-state index in [1.807, 2.05) is 18.2 Å². The Morgan fingerprint density at radius 2 is 1.76 bits per heavy atom. The van der Waals surface area contributed by atoms with E-state index in [-0.39, 0.29) is 12.5 Å². The van der Waals surface area contributed by atoms with Crippen molar-refractivity contribution in [2.75, 3.05) is 0 Å². The van der Waals surface area contributed by atoms with Gasteiger partial charge >= 0.3 is 0 Å². The summed E-state index contributed by atoms with van der Waals surface area (Å²) in [5.74, 6) is -0.960. The van der Waals surface area contributed by atoms with Gasteiger partial charge in [0.2, 0.25) is 0 Å². The second-order valence-corrected chi connectivity index (χ2v) is 5.55. The molecule has 3 heteroatoms. The Labute approximate surface area is 129 Å². The highest BCUT2D eigenvalue weighted by atomic mass is 16.4. The maximum Gasteiger partial charge on any atom is 0.0723 e. The minimum absolute atomic E-state index is 0.163. The van der Waals surface area contributed by atoms with Crippen molar-refractivity contribution in [2.45, 2.75) is 83.7 Å². The predicted molar refractivity (Wildman–Crippen MR) is 85.8 cm³/mol. The molecule has 0 rings (SSSR count). The summed E-state index contributed by atoms with van der Waals surface area (Å²) >= 11 is 0. The second-order valence-electron chi connectivity index (χ2n) is 5.55. The fourth-order valence-corrected chi connectivity index (χ4v) is 2.13. The summed E-state index contributed by atoms with van der Waals surface area (Å²) in [5.41, 5.74) is 0. The molecule has 0 aliphatic rings. The maximum atomic E-state index is 10.2. The van der Waals surface area contributed by atoms with Crippen molar-refractivity contribution in [1.29, 1.82) is 0 Å². The summed E-state index contributed by atoms with van der Waals surface area (Å²) in [6.07, 6.45) is 18.1. The van der Waals surface area contributed by atoms with Crippen molar-refractivity contribution in [1.82, 2.24) is 0 Å². The van der Waals surface area contributed by atoms with Crippen molar-refractivity contribution >= 4 is 5.97 Å². The Kier molecular flexibility index (Phi) is 14.5. The molecule has 3 nitrogen and oxygen atoms in total. The molecule has 0 aliphatic carbocycles. The van der Waals surface area contributed by atoms with Crippen LogP contribution in [0.25, 0.3) is 0 Å². The zero-order valence-corrected chi connectivity index (χ0v) is 13.4. The van der Waals surface area contributed by atoms with Crippen molar-refractivity contribution in [3.8, 4) is 0 Å². The first-order valence-corrected chi connectivity index (χ1v) is 8.38. The number of unbranched alkanes of at least 4 members (excludes halogenated alkanes) is 7. The summed E-state index contributed by atoms with van der Waals surface area (Å²) in [7, 11) is 0. The van der Waals surface area contributed by atoms with Gasteiger partial charge in [0, 0.05) is 5.97 Å². The molecule has 1 N–H and O–H groups in total. The van der Waals surface area contributed by atoms with Gasteiger partial charge in [0.05, 0.1) is 6.10 Å². The molecule has 0 aromatic rings. The molecule has 122 valence electrons. The Hall–Kier alpha value is -1.09. The van der Waals surface area contributed by atoms with Crippen LogP contribution in [0.1, 0.15) is 77.6 Å². The van der Waals surface area contributed by atoms with E-state index in [0.29, 0.717) is 6.42 Å². The normalized spacial score (nSPS) is 13.2. The molecule has 1 atom stereocenters. The van der Waals surface area contributed by atoms with E-state index in [9.17, 15) is 15.0 Å². The predicted octanol–water partition coefficient (Wildman–Crippen LogP) is 3.52. The van der Waals surface area contributed by atoms with Crippen molar-refractivity contribution in [3.63, 3.8) is 0 Å². The average molecular weight is 295 g/mol. The second kappa shape index (κ2) is 15.3. The molecule has 0 bridgehead atoms. The zero-order valence-electron chi connectivity index (χ0n) is 13.4. The third kappa shape index (κ3) is 16.9. The van der Waals surface area contributed by atoms with Gasteiger partial charge in [0.15, 0.2) is 0 Å². The number of hydrogen-bond acceptors (Lipinski definition) is 3. The first-order chi connectivity index (χ1) is 10.2. The molecule has 1 unspecified atom stereocenters. The zero-order chi connectivity index (χ0) is 15.8. The minimum atomic E-state index is -0.960. The number of carbonyl (C=O) groups excluding carboxylic acids is 1. The van der Waals surface area contributed by atoms with Crippen molar-refractivity contribution in [3.05, 3.63) is 24.3 Å². The van der Waals surface area contributed by atoms with Crippen LogP contribution in [-0.2, 0) is 4.79 Å². The standard InChI is InChI=1S/C18H32O3/c1-2-3-4-5-6-8-11-14-17(19)15-12-9-7-10-13-16-18(20)21/h6,8,11,14,17,19H,2-5,7,9-10,12-13,15-16H2,1H3,(H,20,21)/p-1/b8-6-,14-11+. The van der Waals surface area contributed by atoms with Crippen LogP contribution >= 0.6 is 0 Å². The molecule has 0 radical (unpaired) electrons. The molecule has 0 amide bonds. The van der Waals surface area contributed by atoms with Crippen LogP contribution in [0.3, 0.4) is 0 Å². The first-order valence-electron chi connectivity index (χ1n) is 8.38. The Balaban J connectivity index is 3.40. The largest absolute Gasteiger partial charge is 0.550 e. The number of carbonyl (C=O) groups is 1. The summed E-state index contributed by atoms with van der Waals surface area (Å²) < 4.78 is 0. The molecule has 0 fully saturated rings. The number of carboxylic acids is 1. The molecule has 0 saturated heterocycles. The molecule has 21 heavy (non-hydrogen) atoms. The Morgan fingerprint density at radius 1 is 1.05 bits per heavy atom. The molecule has 0 heterocycles. The van der Waals surface area contributed by atoms with Crippen molar-refractivity contribution < 1.29 is 15.0 Å². The number of allylic oxidation sites excluding steroid dienone is 3. The van der Waals surface area contributed by atoms with E-state index in [2.05, 4.69) is 13.0 Å². The minimum Gasteiger partial charge on any atom is -0.550 e. The van der Waals surface area contributed by atoms with E-state index in [1.54, 1.807) is 0 Å². The van der Waals surface area contributed by atoms with E-state index in [4.69, 9.17) is 0 Å². The lowest BCUT2D eigenvalue weighted by molar-refractivity contribution is -0.305.